The molecule has 1 aliphatic carbocycles. The molecule has 13 heteroatoms. The van der Waals surface area contributed by atoms with E-state index in [1.165, 1.54) is 0 Å². The predicted molar refractivity (Wildman–Crippen MR) is 248 cm³/mol. The van der Waals surface area contributed by atoms with Crippen LogP contribution in [0.2, 0.25) is 0 Å². The number of allylic oxidation sites excluding steroid dienone is 18. The summed E-state index contributed by atoms with van der Waals surface area (Å²) in [7, 11) is -5.05. The monoisotopic (exact) mass is 891 g/mol. The highest BCUT2D eigenvalue weighted by atomic mass is 31.2. The summed E-state index contributed by atoms with van der Waals surface area (Å²) in [6.07, 6.45) is 41.6. The average molecular weight is 891 g/mol. The SMILES string of the molecule is CC/C=C\C/C=C\C/C=C\C/C=C\C/C=C\CCCCCC(=O)OC(COCCCCC/C=C\C/C=C\C/C=C\C/C=C\CC)COP(=O)(O)OC1C(O)C(O)C(O)C(O)C1O. The molecule has 0 aromatic rings. The summed E-state index contributed by atoms with van der Waals surface area (Å²) < 4.78 is 34.1. The normalized spacial score (nSPS) is 23.0. The highest BCUT2D eigenvalue weighted by Crippen LogP contribution is 2.47. The summed E-state index contributed by atoms with van der Waals surface area (Å²) in [5.74, 6) is -0.526. The van der Waals surface area contributed by atoms with Gasteiger partial charge in [-0.2, -0.15) is 0 Å². The van der Waals surface area contributed by atoms with Crippen LogP contribution in [0.4, 0.5) is 0 Å². The first-order valence-electron chi connectivity index (χ1n) is 22.7. The molecule has 0 radical (unpaired) electrons. The molecule has 1 aliphatic rings. The maximum absolute atomic E-state index is 12.8. The van der Waals surface area contributed by atoms with Crippen LogP contribution in [0.25, 0.3) is 0 Å². The molecular formula is C49H79O12P. The van der Waals surface area contributed by atoms with E-state index in [-0.39, 0.29) is 13.0 Å². The molecule has 0 spiro atoms. The molecule has 6 atom stereocenters. The Balaban J connectivity index is 2.47. The number of aliphatic hydroxyl groups excluding tert-OH is 5. The fourth-order valence-corrected chi connectivity index (χ4v) is 7.05. The first kappa shape index (κ1) is 57.0. The molecular weight excluding hydrogens is 812 g/mol. The van der Waals surface area contributed by atoms with E-state index in [0.717, 1.165) is 103 Å². The highest BCUT2D eigenvalue weighted by molar-refractivity contribution is 7.47. The largest absolute Gasteiger partial charge is 0.472 e. The first-order valence-corrected chi connectivity index (χ1v) is 24.2. The number of carbonyl (C=O) groups excluding carboxylic acids is 1. The van der Waals surface area contributed by atoms with Crippen molar-refractivity contribution in [2.45, 2.75) is 172 Å². The highest BCUT2D eigenvalue weighted by Gasteiger charge is 2.51. The fraction of sp³-hybridized carbons (Fsp3) is 0.612. The number of rotatable bonds is 36. The Bertz CT molecular complexity index is 1430. The van der Waals surface area contributed by atoms with Crippen LogP contribution in [-0.4, -0.2) is 98.9 Å². The molecule has 0 aromatic carbocycles. The van der Waals surface area contributed by atoms with Crippen molar-refractivity contribution in [1.82, 2.24) is 0 Å². The zero-order chi connectivity index (χ0) is 45.5. The molecule has 0 aliphatic heterocycles. The number of carbonyl (C=O) groups is 1. The number of esters is 1. The van der Waals surface area contributed by atoms with Gasteiger partial charge in [-0.25, -0.2) is 4.57 Å². The molecule has 1 fully saturated rings. The standard InChI is InChI=1S/C49H79O12P/c1-3-5-7-9-11-13-15-17-19-21-22-23-24-26-28-30-32-34-36-38-43(50)60-42(41-59-62(56,57)61-49-47(54)45(52)44(51)46(53)48(49)55)40-58-39-37-35-33-31-29-27-25-20-18-16-14-12-10-8-6-4-2/h5-8,11-14,17-20,22-23,26-29,42,44-49,51-55H,3-4,9-10,15-16,21,24-25,30-41H2,1-2H3,(H,56,57)/b7-5-,8-6-,13-11-,14-12-,19-17-,20-18-,23-22-,28-26-,29-27-. The van der Waals surface area contributed by atoms with Gasteiger partial charge in [0, 0.05) is 13.0 Å². The van der Waals surface area contributed by atoms with Gasteiger partial charge in [0.2, 0.25) is 0 Å². The Labute approximate surface area is 372 Å². The number of hydrogen-bond donors (Lipinski definition) is 6. The Morgan fingerprint density at radius 3 is 1.34 bits per heavy atom. The van der Waals surface area contributed by atoms with Gasteiger partial charge in [0.1, 0.15) is 42.7 Å². The van der Waals surface area contributed by atoms with Gasteiger partial charge in [-0.1, -0.05) is 136 Å². The van der Waals surface area contributed by atoms with E-state index in [9.17, 15) is 39.8 Å². The van der Waals surface area contributed by atoms with Gasteiger partial charge in [-0.15, -0.1) is 0 Å². The second kappa shape index (κ2) is 38.5. The third-order valence-electron chi connectivity index (χ3n) is 9.64. The predicted octanol–water partition coefficient (Wildman–Crippen LogP) is 9.30. The maximum atomic E-state index is 12.8. The third-order valence-corrected chi connectivity index (χ3v) is 10.6. The summed E-state index contributed by atoms with van der Waals surface area (Å²) in [5, 5.41) is 50.2. The van der Waals surface area contributed by atoms with Gasteiger partial charge in [0.05, 0.1) is 13.2 Å². The second-order valence-electron chi connectivity index (χ2n) is 15.1. The van der Waals surface area contributed by atoms with E-state index < -0.39 is 63.1 Å². The topological polar surface area (TPSA) is 192 Å². The maximum Gasteiger partial charge on any atom is 0.472 e. The van der Waals surface area contributed by atoms with Crippen molar-refractivity contribution in [2.24, 2.45) is 0 Å². The van der Waals surface area contributed by atoms with Crippen LogP contribution < -0.4 is 0 Å². The zero-order valence-corrected chi connectivity index (χ0v) is 38.3. The summed E-state index contributed by atoms with van der Waals surface area (Å²) >= 11 is 0. The van der Waals surface area contributed by atoms with E-state index in [4.69, 9.17) is 18.5 Å². The Morgan fingerprint density at radius 2 is 0.903 bits per heavy atom. The molecule has 12 nitrogen and oxygen atoms in total. The second-order valence-corrected chi connectivity index (χ2v) is 16.5. The number of phosphoric ester groups is 1. The van der Waals surface area contributed by atoms with Gasteiger partial charge >= 0.3 is 13.8 Å². The number of aliphatic hydroxyl groups is 5. The van der Waals surface area contributed by atoms with E-state index in [2.05, 4.69) is 123 Å². The third kappa shape index (κ3) is 30.1. The summed E-state index contributed by atoms with van der Waals surface area (Å²) in [5.41, 5.74) is 0. The molecule has 6 unspecified atom stereocenters. The minimum atomic E-state index is -5.05. The van der Waals surface area contributed by atoms with Crippen molar-refractivity contribution in [3.63, 3.8) is 0 Å². The molecule has 0 aromatic heterocycles. The lowest BCUT2D eigenvalue weighted by Gasteiger charge is -2.41. The van der Waals surface area contributed by atoms with Crippen molar-refractivity contribution in [3.8, 4) is 0 Å². The van der Waals surface area contributed by atoms with Crippen molar-refractivity contribution < 1.29 is 58.3 Å². The molecule has 0 heterocycles. The van der Waals surface area contributed by atoms with E-state index in [0.29, 0.717) is 13.0 Å². The fourth-order valence-electron chi connectivity index (χ4n) is 6.08. The first-order chi connectivity index (χ1) is 30.0. The summed E-state index contributed by atoms with van der Waals surface area (Å²) in [6.45, 7) is 3.89. The van der Waals surface area contributed by atoms with Gasteiger partial charge in [-0.3, -0.25) is 13.8 Å². The lowest BCUT2D eigenvalue weighted by Crippen LogP contribution is -2.64. The summed E-state index contributed by atoms with van der Waals surface area (Å²) in [6, 6.07) is 0. The molecule has 6 N–H and O–H groups in total. The Morgan fingerprint density at radius 1 is 0.516 bits per heavy atom. The quantitative estimate of drug-likeness (QED) is 0.0151. The lowest BCUT2D eigenvalue weighted by molar-refractivity contribution is -0.220. The van der Waals surface area contributed by atoms with Gasteiger partial charge in [0.15, 0.2) is 0 Å². The molecule has 1 saturated carbocycles. The van der Waals surface area contributed by atoms with Crippen LogP contribution >= 0.6 is 7.82 Å². The van der Waals surface area contributed by atoms with Crippen molar-refractivity contribution in [3.05, 3.63) is 109 Å². The average Bonchev–Trinajstić information content (AvgIpc) is 3.26. The van der Waals surface area contributed by atoms with E-state index in [1.807, 2.05) is 0 Å². The molecule has 0 bridgehead atoms. The van der Waals surface area contributed by atoms with Crippen molar-refractivity contribution in [1.29, 1.82) is 0 Å². The Hall–Kier alpha value is -3.00. The number of hydrogen-bond acceptors (Lipinski definition) is 11. The minimum Gasteiger partial charge on any atom is -0.457 e. The van der Waals surface area contributed by atoms with Crippen molar-refractivity contribution in [2.75, 3.05) is 19.8 Å². The Kier molecular flexibility index (Phi) is 35.4. The lowest BCUT2D eigenvalue weighted by atomic mass is 9.85. The van der Waals surface area contributed by atoms with Crippen LogP contribution in [0.1, 0.15) is 129 Å². The molecule has 352 valence electrons. The summed E-state index contributed by atoms with van der Waals surface area (Å²) in [4.78, 5) is 23.2. The van der Waals surface area contributed by atoms with Gasteiger partial charge in [0.25, 0.3) is 0 Å². The molecule has 1 rings (SSSR count). The zero-order valence-electron chi connectivity index (χ0n) is 37.4. The van der Waals surface area contributed by atoms with Crippen LogP contribution in [0, 0.1) is 0 Å². The van der Waals surface area contributed by atoms with E-state index >= 15 is 0 Å². The number of phosphoric acid groups is 1. The minimum absolute atomic E-state index is 0.120. The van der Waals surface area contributed by atoms with Gasteiger partial charge < -0.3 is 39.9 Å². The van der Waals surface area contributed by atoms with E-state index in [1.54, 1.807) is 0 Å². The van der Waals surface area contributed by atoms with Crippen molar-refractivity contribution >= 4 is 13.8 Å². The smallest absolute Gasteiger partial charge is 0.457 e. The van der Waals surface area contributed by atoms with Crippen LogP contribution in [0.3, 0.4) is 0 Å². The number of ether oxygens (including phenoxy) is 2. The van der Waals surface area contributed by atoms with Gasteiger partial charge in [-0.05, 0) is 96.3 Å². The van der Waals surface area contributed by atoms with Crippen LogP contribution in [0.15, 0.2) is 109 Å². The molecule has 62 heavy (non-hydrogen) atoms. The molecule has 0 amide bonds. The van der Waals surface area contributed by atoms with Crippen LogP contribution in [-0.2, 0) is 27.9 Å². The number of unbranched alkanes of at least 4 members (excludes halogenated alkanes) is 6. The molecule has 0 saturated heterocycles. The van der Waals surface area contributed by atoms with Crippen LogP contribution in [0.5, 0.6) is 0 Å².